The van der Waals surface area contributed by atoms with Gasteiger partial charge in [0.05, 0.1) is 23.1 Å². The zero-order chi connectivity index (χ0) is 28.4. The maximum Gasteiger partial charge on any atom is 0.319 e. The van der Waals surface area contributed by atoms with Crippen LogP contribution in [0.1, 0.15) is 49.7 Å². The molecule has 0 spiro atoms. The molecule has 5 aliphatic rings. The van der Waals surface area contributed by atoms with Crippen LogP contribution in [0.25, 0.3) is 22.0 Å². The molecule has 4 aliphatic heterocycles. The zero-order valence-electron chi connectivity index (χ0n) is 24.1. The Balaban J connectivity index is 1.17. The molecule has 8 heteroatoms. The first kappa shape index (κ1) is 26.1. The van der Waals surface area contributed by atoms with Gasteiger partial charge in [-0.1, -0.05) is 30.8 Å². The summed E-state index contributed by atoms with van der Waals surface area (Å²) in [5.74, 6) is 0.860. The number of carbonyl (C=O) groups is 1. The van der Waals surface area contributed by atoms with Crippen molar-refractivity contribution in [3.8, 4) is 17.1 Å². The molecule has 42 heavy (non-hydrogen) atoms. The fourth-order valence-corrected chi connectivity index (χ4v) is 8.50. The second-order valence-electron chi connectivity index (χ2n) is 12.9. The first-order chi connectivity index (χ1) is 20.5. The van der Waals surface area contributed by atoms with Crippen LogP contribution in [-0.2, 0) is 17.6 Å². The summed E-state index contributed by atoms with van der Waals surface area (Å²) in [5, 5.41) is 0.994. The van der Waals surface area contributed by atoms with Crippen molar-refractivity contribution in [2.24, 2.45) is 0 Å². The molecule has 0 bridgehead atoms. The molecule has 1 aliphatic carbocycles. The number of likely N-dealkylation sites (tertiary alicyclic amines) is 1. The third-order valence-corrected chi connectivity index (χ3v) is 10.6. The Morgan fingerprint density at radius 2 is 2.00 bits per heavy atom. The van der Waals surface area contributed by atoms with E-state index in [0.717, 1.165) is 68.5 Å². The highest BCUT2D eigenvalue weighted by atomic mass is 19.1. The minimum Gasteiger partial charge on any atom is -0.461 e. The third-order valence-electron chi connectivity index (χ3n) is 10.6. The van der Waals surface area contributed by atoms with Crippen molar-refractivity contribution < 1.29 is 13.9 Å². The fraction of sp³-hybridized carbons (Fsp3) is 0.500. The van der Waals surface area contributed by atoms with Crippen LogP contribution in [0, 0.1) is 0 Å². The van der Waals surface area contributed by atoms with E-state index in [9.17, 15) is 9.18 Å². The summed E-state index contributed by atoms with van der Waals surface area (Å²) in [6.07, 6.45) is 8.77. The van der Waals surface area contributed by atoms with Crippen molar-refractivity contribution in [3.05, 3.63) is 60.2 Å². The molecule has 0 radical (unpaired) electrons. The van der Waals surface area contributed by atoms with Crippen LogP contribution in [0.5, 0.6) is 6.01 Å². The summed E-state index contributed by atoms with van der Waals surface area (Å²) >= 11 is 0. The molecule has 7 nitrogen and oxygen atoms in total. The van der Waals surface area contributed by atoms with Gasteiger partial charge in [-0.15, -0.1) is 0 Å². The van der Waals surface area contributed by atoms with Crippen molar-refractivity contribution in [1.82, 2.24) is 19.8 Å². The maximum atomic E-state index is 14.4. The molecule has 0 N–H and O–H groups in total. The highest BCUT2D eigenvalue weighted by Gasteiger charge is 2.50. The van der Waals surface area contributed by atoms with Crippen molar-refractivity contribution >= 4 is 22.6 Å². The number of alkyl halides is 1. The topological polar surface area (TPSA) is 61.8 Å². The Bertz CT molecular complexity index is 1580. The first-order valence-corrected chi connectivity index (χ1v) is 15.7. The van der Waals surface area contributed by atoms with Gasteiger partial charge in [0.15, 0.2) is 0 Å². The Kier molecular flexibility index (Phi) is 6.25. The van der Waals surface area contributed by atoms with E-state index in [0.29, 0.717) is 25.6 Å². The number of benzene rings is 2. The second kappa shape index (κ2) is 10.0. The summed E-state index contributed by atoms with van der Waals surface area (Å²) in [4.78, 5) is 28.9. The monoisotopic (exact) mass is 567 g/mol. The molecule has 1 aromatic heterocycles. The number of rotatable bonds is 6. The minimum atomic E-state index is -0.803. The van der Waals surface area contributed by atoms with E-state index < -0.39 is 6.17 Å². The summed E-state index contributed by atoms with van der Waals surface area (Å²) < 4.78 is 20.8. The van der Waals surface area contributed by atoms with Gasteiger partial charge in [0.25, 0.3) is 0 Å². The average molecular weight is 568 g/mol. The van der Waals surface area contributed by atoms with Crippen molar-refractivity contribution in [1.29, 1.82) is 0 Å². The summed E-state index contributed by atoms with van der Waals surface area (Å²) in [7, 11) is 0. The van der Waals surface area contributed by atoms with Crippen LogP contribution in [0.3, 0.4) is 0 Å². The van der Waals surface area contributed by atoms with Crippen molar-refractivity contribution in [2.45, 2.75) is 75.2 Å². The van der Waals surface area contributed by atoms with Crippen LogP contribution >= 0.6 is 0 Å². The average Bonchev–Trinajstić information content (AvgIpc) is 3.64. The lowest BCUT2D eigenvalue weighted by atomic mass is 9.86. The van der Waals surface area contributed by atoms with Gasteiger partial charge in [0.1, 0.15) is 18.6 Å². The molecule has 5 heterocycles. The van der Waals surface area contributed by atoms with E-state index in [1.165, 1.54) is 41.2 Å². The normalized spacial score (nSPS) is 28.4. The minimum absolute atomic E-state index is 0.00217. The molecule has 8 rings (SSSR count). The van der Waals surface area contributed by atoms with E-state index in [1.807, 2.05) is 4.90 Å². The van der Waals surface area contributed by atoms with Gasteiger partial charge >= 0.3 is 6.01 Å². The highest BCUT2D eigenvalue weighted by molar-refractivity contribution is 5.94. The number of carbonyl (C=O) groups excluding carboxylic acids is 1. The van der Waals surface area contributed by atoms with Crippen LogP contribution in [-0.4, -0.2) is 82.3 Å². The van der Waals surface area contributed by atoms with Crippen LogP contribution in [0.4, 0.5) is 10.2 Å². The van der Waals surface area contributed by atoms with Gasteiger partial charge in [0.2, 0.25) is 5.91 Å². The Hall–Kier alpha value is -3.52. The quantitative estimate of drug-likeness (QED) is 0.386. The molecule has 218 valence electrons. The number of hydrogen-bond donors (Lipinski definition) is 0. The number of amides is 1. The van der Waals surface area contributed by atoms with Gasteiger partial charge in [-0.25, -0.2) is 4.39 Å². The molecule has 4 fully saturated rings. The van der Waals surface area contributed by atoms with Gasteiger partial charge in [-0.2, -0.15) is 9.97 Å². The molecule has 4 saturated heterocycles. The number of ether oxygens (including phenoxy) is 1. The number of aryl methyl sites for hydroxylation is 1. The number of aromatic nitrogens is 2. The predicted molar refractivity (Wildman–Crippen MR) is 162 cm³/mol. The molecule has 4 atom stereocenters. The van der Waals surface area contributed by atoms with Crippen LogP contribution < -0.4 is 9.64 Å². The second-order valence-corrected chi connectivity index (χ2v) is 12.9. The van der Waals surface area contributed by atoms with Crippen molar-refractivity contribution in [3.63, 3.8) is 0 Å². The number of nitrogens with zero attached hydrogens (tertiary/aromatic N) is 5. The zero-order valence-corrected chi connectivity index (χ0v) is 24.1. The summed E-state index contributed by atoms with van der Waals surface area (Å²) in [5.41, 5.74) is 5.97. The van der Waals surface area contributed by atoms with E-state index >= 15 is 0 Å². The maximum absolute atomic E-state index is 14.4. The SMILES string of the molecule is C=CC(=O)N1CC[C@@H]2[C@H]1CN2c1nc(OCC23CCCN2C[C@H](F)C3)nc2cc(-c3cccc4c3CCCC4)ccc12. The van der Waals surface area contributed by atoms with Gasteiger partial charge in [-0.05, 0) is 92.0 Å². The van der Waals surface area contributed by atoms with Gasteiger partial charge in [-0.3, -0.25) is 9.69 Å². The van der Waals surface area contributed by atoms with Gasteiger partial charge < -0.3 is 14.5 Å². The smallest absolute Gasteiger partial charge is 0.319 e. The van der Waals surface area contributed by atoms with E-state index in [2.05, 4.69) is 52.8 Å². The number of hydrogen-bond acceptors (Lipinski definition) is 6. The van der Waals surface area contributed by atoms with Crippen molar-refractivity contribution in [2.75, 3.05) is 37.7 Å². The first-order valence-electron chi connectivity index (χ1n) is 15.7. The third kappa shape index (κ3) is 4.13. The Morgan fingerprint density at radius 3 is 2.90 bits per heavy atom. The van der Waals surface area contributed by atoms with E-state index in [-0.39, 0.29) is 23.5 Å². The molecular weight excluding hydrogens is 529 g/mol. The summed E-state index contributed by atoms with van der Waals surface area (Å²) in [6, 6.07) is 14.0. The molecule has 3 aromatic rings. The lowest BCUT2D eigenvalue weighted by Crippen LogP contribution is -2.63. The standard InChI is InChI=1S/C34H38FN5O2/c1-2-31(41)39-16-13-29-30(39)20-40(29)32-27-12-11-23(26-10-5-8-22-7-3-4-9-25(22)26)17-28(27)36-33(37-32)42-21-34-14-6-15-38(34)19-24(35)18-34/h2,5,8,10-12,17,24,29-30H,1,3-4,6-7,9,13-16,18-21H2/t24-,29-,30-,34?/m1/s1. The molecule has 1 amide bonds. The van der Waals surface area contributed by atoms with E-state index in [1.54, 1.807) is 0 Å². The molecule has 1 unspecified atom stereocenters. The van der Waals surface area contributed by atoms with Gasteiger partial charge in [0, 0.05) is 31.4 Å². The Morgan fingerprint density at radius 1 is 1.10 bits per heavy atom. The van der Waals surface area contributed by atoms with Crippen LogP contribution in [0.2, 0.25) is 0 Å². The lowest BCUT2D eigenvalue weighted by molar-refractivity contribution is -0.127. The molecule has 0 saturated carbocycles. The highest BCUT2D eigenvalue weighted by Crippen LogP contribution is 2.43. The number of fused-ring (bicyclic) bond motifs is 4. The predicted octanol–water partition coefficient (Wildman–Crippen LogP) is 5.11. The molecule has 2 aromatic carbocycles. The lowest BCUT2D eigenvalue weighted by Gasteiger charge is -2.47. The number of anilines is 1. The summed E-state index contributed by atoms with van der Waals surface area (Å²) in [6.45, 7) is 6.97. The number of halogens is 1. The van der Waals surface area contributed by atoms with E-state index in [4.69, 9.17) is 14.7 Å². The molecular formula is C34H38FN5O2. The van der Waals surface area contributed by atoms with Crippen LogP contribution in [0.15, 0.2) is 49.1 Å². The largest absolute Gasteiger partial charge is 0.461 e. The fourth-order valence-electron chi connectivity index (χ4n) is 8.50. The Labute approximate surface area is 246 Å².